The van der Waals surface area contributed by atoms with Crippen molar-refractivity contribution in [2.45, 2.75) is 57.4 Å². The van der Waals surface area contributed by atoms with E-state index in [2.05, 4.69) is 36.5 Å². The fraction of sp³-hybridized carbons (Fsp3) is 0.500. The van der Waals surface area contributed by atoms with Crippen molar-refractivity contribution in [1.82, 2.24) is 5.32 Å². The molecule has 0 radical (unpaired) electrons. The van der Waals surface area contributed by atoms with Gasteiger partial charge in [-0.2, -0.15) is 0 Å². The third-order valence-corrected chi connectivity index (χ3v) is 7.89. The average Bonchev–Trinajstić information content (AvgIpc) is 2.69. The predicted octanol–water partition coefficient (Wildman–Crippen LogP) is 5.54. The van der Waals surface area contributed by atoms with E-state index in [-0.39, 0.29) is 17.9 Å². The Kier molecular flexibility index (Phi) is 4.53. The van der Waals surface area contributed by atoms with Crippen molar-refractivity contribution >= 4 is 5.91 Å². The van der Waals surface area contributed by atoms with Gasteiger partial charge < -0.3 is 5.32 Å². The van der Waals surface area contributed by atoms with Crippen LogP contribution in [0.25, 0.3) is 0 Å². The Labute approximate surface area is 168 Å². The lowest BCUT2D eigenvalue weighted by molar-refractivity contribution is -0.126. The van der Waals surface area contributed by atoms with Crippen molar-refractivity contribution in [1.29, 1.82) is 0 Å². The summed E-state index contributed by atoms with van der Waals surface area (Å²) >= 11 is 0. The Morgan fingerprint density at radius 3 is 1.68 bits per heavy atom. The van der Waals surface area contributed by atoms with Crippen molar-refractivity contribution in [2.75, 3.05) is 0 Å². The van der Waals surface area contributed by atoms with Gasteiger partial charge in [0.25, 0.3) is 0 Å². The summed E-state index contributed by atoms with van der Waals surface area (Å²) in [6.45, 7) is 2.28. The highest BCUT2D eigenvalue weighted by Crippen LogP contribution is 2.61. The molecule has 4 bridgehead atoms. The largest absolute Gasteiger partial charge is 0.352 e. The van der Waals surface area contributed by atoms with Gasteiger partial charge in [0.15, 0.2) is 0 Å². The number of hydrogen-bond donors (Lipinski definition) is 1. The molecule has 0 spiro atoms. The van der Waals surface area contributed by atoms with Crippen LogP contribution in [0.2, 0.25) is 0 Å². The van der Waals surface area contributed by atoms with Crippen LogP contribution in [0.1, 0.15) is 62.5 Å². The van der Waals surface area contributed by atoms with Crippen LogP contribution < -0.4 is 5.32 Å². The lowest BCUT2D eigenvalue weighted by atomic mass is 9.48. The fourth-order valence-corrected chi connectivity index (χ4v) is 6.94. The molecular weight excluding hydrogens is 342 g/mol. The molecule has 1 N–H and O–H groups in total. The molecule has 2 nitrogen and oxygen atoms in total. The van der Waals surface area contributed by atoms with E-state index in [1.165, 1.54) is 38.5 Å². The van der Waals surface area contributed by atoms with Gasteiger partial charge in [0.2, 0.25) is 5.91 Å². The minimum Gasteiger partial charge on any atom is -0.352 e. The molecule has 28 heavy (non-hydrogen) atoms. The second-order valence-corrected chi connectivity index (χ2v) is 9.76. The highest BCUT2D eigenvalue weighted by Gasteiger charge is 2.53. The maximum atomic E-state index is 13.5. The van der Waals surface area contributed by atoms with Gasteiger partial charge in [-0.05, 0) is 79.7 Å². The number of hydrogen-bond acceptors (Lipinski definition) is 1. The summed E-state index contributed by atoms with van der Waals surface area (Å²) in [7, 11) is 0. The highest BCUT2D eigenvalue weighted by atomic mass is 16.2. The van der Waals surface area contributed by atoms with Crippen LogP contribution in [0, 0.1) is 23.2 Å². The molecule has 2 aromatic rings. The minimum atomic E-state index is -0.237. The maximum absolute atomic E-state index is 13.5. The first-order chi connectivity index (χ1) is 13.6. The number of carbonyl (C=O) groups excluding carboxylic acids is 1. The number of amides is 1. The summed E-state index contributed by atoms with van der Waals surface area (Å²) in [6, 6.07) is 20.7. The second-order valence-electron chi connectivity index (χ2n) is 9.76. The van der Waals surface area contributed by atoms with Crippen molar-refractivity contribution in [3.8, 4) is 0 Å². The van der Waals surface area contributed by atoms with Crippen molar-refractivity contribution < 1.29 is 4.79 Å². The smallest absolute Gasteiger partial charge is 0.232 e. The molecule has 4 aliphatic rings. The van der Waals surface area contributed by atoms with Crippen molar-refractivity contribution in [3.63, 3.8) is 0 Å². The Hall–Kier alpha value is -2.09. The first-order valence-corrected chi connectivity index (χ1v) is 11.0. The van der Waals surface area contributed by atoms with E-state index < -0.39 is 0 Å². The minimum absolute atomic E-state index is 0.153. The van der Waals surface area contributed by atoms with Gasteiger partial charge >= 0.3 is 0 Å². The molecule has 4 saturated carbocycles. The van der Waals surface area contributed by atoms with Gasteiger partial charge in [-0.3, -0.25) is 4.79 Å². The topological polar surface area (TPSA) is 29.1 Å². The Morgan fingerprint density at radius 2 is 1.25 bits per heavy atom. The Morgan fingerprint density at radius 1 is 0.821 bits per heavy atom. The number of rotatable bonds is 5. The highest BCUT2D eigenvalue weighted by molar-refractivity contribution is 5.87. The molecule has 146 valence electrons. The molecule has 2 heteroatoms. The zero-order valence-electron chi connectivity index (χ0n) is 16.8. The third-order valence-electron chi connectivity index (χ3n) is 7.89. The average molecular weight is 374 g/mol. The van der Waals surface area contributed by atoms with Gasteiger partial charge in [0, 0.05) is 6.04 Å². The predicted molar refractivity (Wildman–Crippen MR) is 113 cm³/mol. The van der Waals surface area contributed by atoms with Gasteiger partial charge in [-0.25, -0.2) is 0 Å². The van der Waals surface area contributed by atoms with Crippen LogP contribution in [-0.4, -0.2) is 11.9 Å². The summed E-state index contributed by atoms with van der Waals surface area (Å²) in [6.07, 6.45) is 8.29. The zero-order chi connectivity index (χ0) is 19.1. The molecule has 0 saturated heterocycles. The molecule has 0 unspecified atom stereocenters. The summed E-state index contributed by atoms with van der Waals surface area (Å²) in [5.41, 5.74) is 2.48. The normalized spacial score (nSPS) is 31.7. The molecule has 1 atom stereocenters. The van der Waals surface area contributed by atoms with E-state index in [0.717, 1.165) is 28.9 Å². The molecule has 6 rings (SSSR count). The van der Waals surface area contributed by atoms with Gasteiger partial charge in [-0.15, -0.1) is 0 Å². The Bertz CT molecular complexity index is 753. The maximum Gasteiger partial charge on any atom is 0.232 e. The quantitative estimate of drug-likeness (QED) is 0.732. The SMILES string of the molecule is C[C@@H](NC(=O)C(c1ccccc1)c1ccccc1)C12CC3CC(CC(C3)C1)C2. The second kappa shape index (κ2) is 7.06. The molecule has 0 heterocycles. The lowest BCUT2D eigenvalue weighted by Crippen LogP contribution is -2.56. The van der Waals surface area contributed by atoms with E-state index in [9.17, 15) is 4.79 Å². The summed E-state index contributed by atoms with van der Waals surface area (Å²) < 4.78 is 0. The fourth-order valence-electron chi connectivity index (χ4n) is 6.94. The van der Waals surface area contributed by atoms with Gasteiger partial charge in [0.05, 0.1) is 5.92 Å². The summed E-state index contributed by atoms with van der Waals surface area (Å²) in [5.74, 6) is 2.64. The first-order valence-electron chi connectivity index (χ1n) is 11.0. The van der Waals surface area contributed by atoms with Crippen LogP contribution in [0.15, 0.2) is 60.7 Å². The van der Waals surface area contributed by atoms with E-state index >= 15 is 0 Å². The van der Waals surface area contributed by atoms with Crippen LogP contribution >= 0.6 is 0 Å². The molecule has 0 aliphatic heterocycles. The lowest BCUT2D eigenvalue weighted by Gasteiger charge is -2.59. The van der Waals surface area contributed by atoms with Crippen molar-refractivity contribution in [2.24, 2.45) is 23.2 Å². The standard InChI is InChI=1S/C26H31NO/c1-18(26-15-19-12-20(16-26)14-21(13-19)17-26)27-25(28)24(22-8-4-2-5-9-22)23-10-6-3-7-11-23/h2-11,18-21,24H,12-17H2,1H3,(H,27,28)/t18-,19?,20?,21?,26?/m1/s1. The number of nitrogens with one attached hydrogen (secondary N) is 1. The van der Waals surface area contributed by atoms with E-state index in [4.69, 9.17) is 0 Å². The molecule has 4 aliphatic carbocycles. The van der Waals surface area contributed by atoms with Crippen LogP contribution in [0.3, 0.4) is 0 Å². The number of benzene rings is 2. The molecule has 2 aromatic carbocycles. The zero-order valence-corrected chi connectivity index (χ0v) is 16.8. The van der Waals surface area contributed by atoms with Gasteiger partial charge in [0.1, 0.15) is 0 Å². The molecule has 4 fully saturated rings. The number of carbonyl (C=O) groups is 1. The molecular formula is C26H31NO. The van der Waals surface area contributed by atoms with Crippen LogP contribution in [0.4, 0.5) is 0 Å². The monoisotopic (exact) mass is 373 g/mol. The third kappa shape index (κ3) is 3.17. The van der Waals surface area contributed by atoms with E-state index in [1.54, 1.807) is 0 Å². The van der Waals surface area contributed by atoms with Crippen molar-refractivity contribution in [3.05, 3.63) is 71.8 Å². The van der Waals surface area contributed by atoms with Gasteiger partial charge in [-0.1, -0.05) is 60.7 Å². The molecule has 0 aromatic heterocycles. The van der Waals surface area contributed by atoms with Crippen LogP contribution in [-0.2, 0) is 4.79 Å². The summed E-state index contributed by atoms with van der Waals surface area (Å²) in [4.78, 5) is 13.5. The molecule has 1 amide bonds. The van der Waals surface area contributed by atoms with Crippen LogP contribution in [0.5, 0.6) is 0 Å². The van der Waals surface area contributed by atoms with E-state index in [1.807, 2.05) is 36.4 Å². The summed E-state index contributed by atoms with van der Waals surface area (Å²) in [5, 5.41) is 3.50. The first kappa shape index (κ1) is 18.0. The van der Waals surface area contributed by atoms with E-state index in [0.29, 0.717) is 5.41 Å². The Balaban J connectivity index is 1.39.